The smallest absolute Gasteiger partial charge is 0.315 e. The van der Waals surface area contributed by atoms with Crippen LogP contribution in [-0.2, 0) is 0 Å². The third-order valence-corrected chi connectivity index (χ3v) is 4.63. The van der Waals surface area contributed by atoms with Gasteiger partial charge in [0.25, 0.3) is 0 Å². The van der Waals surface area contributed by atoms with Gasteiger partial charge in [-0.1, -0.05) is 39.0 Å². The van der Waals surface area contributed by atoms with E-state index >= 15 is 0 Å². The molecule has 0 atom stereocenters. The fourth-order valence-electron chi connectivity index (χ4n) is 3.25. The number of carbonyl (C=O) groups excluding carboxylic acids is 1. The Balaban J connectivity index is 1.59. The predicted molar refractivity (Wildman–Crippen MR) is 74.5 cm³/mol. The fraction of sp³-hybridized carbons (Fsp3) is 0.933. The summed E-state index contributed by atoms with van der Waals surface area (Å²) in [6.45, 7) is 3.20. The monoisotopic (exact) mass is 252 g/mol. The molecule has 0 aliphatic heterocycles. The molecule has 0 aromatic heterocycles. The average molecular weight is 252 g/mol. The van der Waals surface area contributed by atoms with Gasteiger partial charge in [-0.2, -0.15) is 0 Å². The van der Waals surface area contributed by atoms with Crippen molar-refractivity contribution in [3.63, 3.8) is 0 Å². The minimum Gasteiger partial charge on any atom is -0.338 e. The summed E-state index contributed by atoms with van der Waals surface area (Å²) in [7, 11) is 0. The zero-order chi connectivity index (χ0) is 12.8. The molecule has 2 aliphatic carbocycles. The lowest BCUT2D eigenvalue weighted by molar-refractivity contribution is 0.225. The van der Waals surface area contributed by atoms with Gasteiger partial charge in [-0.3, -0.25) is 0 Å². The Kier molecular flexibility index (Phi) is 5.33. The minimum absolute atomic E-state index is 0.0560. The summed E-state index contributed by atoms with van der Waals surface area (Å²) in [4.78, 5) is 11.8. The SMILES string of the molecule is CC1CCC(CNC(=O)NC2CCCCC2)CC1. The number of nitrogens with one attached hydrogen (secondary N) is 2. The van der Waals surface area contributed by atoms with Gasteiger partial charge in [-0.05, 0) is 37.5 Å². The van der Waals surface area contributed by atoms with Crippen molar-refractivity contribution < 1.29 is 4.79 Å². The van der Waals surface area contributed by atoms with E-state index in [2.05, 4.69) is 17.6 Å². The van der Waals surface area contributed by atoms with Gasteiger partial charge in [0.15, 0.2) is 0 Å². The molecule has 0 bridgehead atoms. The number of carbonyl (C=O) groups is 1. The Morgan fingerprint density at radius 1 is 1.00 bits per heavy atom. The normalized spacial score (nSPS) is 29.8. The van der Waals surface area contributed by atoms with Gasteiger partial charge >= 0.3 is 6.03 Å². The van der Waals surface area contributed by atoms with Crippen LogP contribution in [0.25, 0.3) is 0 Å². The molecule has 0 heterocycles. The topological polar surface area (TPSA) is 41.1 Å². The molecular formula is C15H28N2O. The molecule has 2 fully saturated rings. The summed E-state index contributed by atoms with van der Waals surface area (Å²) in [6, 6.07) is 0.477. The van der Waals surface area contributed by atoms with E-state index in [0.29, 0.717) is 12.0 Å². The highest BCUT2D eigenvalue weighted by atomic mass is 16.2. The zero-order valence-electron chi connectivity index (χ0n) is 11.7. The Labute approximate surface area is 111 Å². The number of hydrogen-bond acceptors (Lipinski definition) is 1. The van der Waals surface area contributed by atoms with Crippen LogP contribution in [0.15, 0.2) is 0 Å². The number of amides is 2. The standard InChI is InChI=1S/C15H28N2O/c1-12-7-9-13(10-8-12)11-16-15(18)17-14-5-3-2-4-6-14/h12-14H,2-11H2,1H3,(H2,16,17,18). The third kappa shape index (κ3) is 4.51. The molecule has 2 saturated carbocycles. The molecule has 0 radical (unpaired) electrons. The number of rotatable bonds is 3. The maximum Gasteiger partial charge on any atom is 0.315 e. The predicted octanol–water partition coefficient (Wildman–Crippen LogP) is 3.44. The van der Waals surface area contributed by atoms with E-state index < -0.39 is 0 Å². The van der Waals surface area contributed by atoms with E-state index in [0.717, 1.165) is 25.3 Å². The Hall–Kier alpha value is -0.730. The average Bonchev–Trinajstić information content (AvgIpc) is 2.39. The second kappa shape index (κ2) is 7.01. The first kappa shape index (κ1) is 13.7. The molecule has 0 spiro atoms. The number of hydrogen-bond donors (Lipinski definition) is 2. The van der Waals surface area contributed by atoms with E-state index in [9.17, 15) is 4.79 Å². The first-order valence-corrected chi connectivity index (χ1v) is 7.78. The van der Waals surface area contributed by atoms with Crippen molar-refractivity contribution in [3.8, 4) is 0 Å². The van der Waals surface area contributed by atoms with Crippen LogP contribution >= 0.6 is 0 Å². The lowest BCUT2D eigenvalue weighted by atomic mass is 9.83. The maximum absolute atomic E-state index is 11.8. The van der Waals surface area contributed by atoms with Crippen LogP contribution in [0.4, 0.5) is 4.79 Å². The molecule has 2 rings (SSSR count). The van der Waals surface area contributed by atoms with Gasteiger partial charge in [0.05, 0.1) is 0 Å². The van der Waals surface area contributed by atoms with E-state index in [4.69, 9.17) is 0 Å². The Morgan fingerprint density at radius 3 is 2.33 bits per heavy atom. The summed E-state index contributed by atoms with van der Waals surface area (Å²) in [5, 5.41) is 6.18. The molecule has 0 unspecified atom stereocenters. The van der Waals surface area contributed by atoms with E-state index in [1.54, 1.807) is 0 Å². The molecular weight excluding hydrogens is 224 g/mol. The molecule has 3 nitrogen and oxygen atoms in total. The maximum atomic E-state index is 11.8. The van der Waals surface area contributed by atoms with Crippen molar-refractivity contribution in [2.24, 2.45) is 11.8 Å². The lowest BCUT2D eigenvalue weighted by Crippen LogP contribution is -2.44. The molecule has 0 saturated heterocycles. The Bertz CT molecular complexity index is 253. The van der Waals surface area contributed by atoms with Crippen molar-refractivity contribution in [2.75, 3.05) is 6.54 Å². The van der Waals surface area contributed by atoms with Gasteiger partial charge in [0.1, 0.15) is 0 Å². The fourth-order valence-corrected chi connectivity index (χ4v) is 3.25. The largest absolute Gasteiger partial charge is 0.338 e. The second-order valence-electron chi connectivity index (χ2n) is 6.32. The van der Waals surface area contributed by atoms with Crippen LogP contribution in [0.3, 0.4) is 0 Å². The Morgan fingerprint density at radius 2 is 1.67 bits per heavy atom. The first-order chi connectivity index (χ1) is 8.74. The summed E-state index contributed by atoms with van der Waals surface area (Å²) in [5.41, 5.74) is 0. The van der Waals surface area contributed by atoms with Crippen LogP contribution in [0.2, 0.25) is 0 Å². The molecule has 2 N–H and O–H groups in total. The molecule has 0 aromatic rings. The van der Waals surface area contributed by atoms with E-state index in [-0.39, 0.29) is 6.03 Å². The molecule has 2 aliphatic rings. The first-order valence-electron chi connectivity index (χ1n) is 7.78. The highest BCUT2D eigenvalue weighted by Gasteiger charge is 2.19. The minimum atomic E-state index is 0.0560. The van der Waals surface area contributed by atoms with Gasteiger partial charge < -0.3 is 10.6 Å². The van der Waals surface area contributed by atoms with Crippen LogP contribution in [0, 0.1) is 11.8 Å². The number of urea groups is 1. The quantitative estimate of drug-likeness (QED) is 0.793. The van der Waals surface area contributed by atoms with Crippen molar-refractivity contribution in [2.45, 2.75) is 70.8 Å². The van der Waals surface area contributed by atoms with Crippen LogP contribution < -0.4 is 10.6 Å². The van der Waals surface area contributed by atoms with Gasteiger partial charge in [-0.15, -0.1) is 0 Å². The highest BCUT2D eigenvalue weighted by molar-refractivity contribution is 5.74. The second-order valence-corrected chi connectivity index (χ2v) is 6.32. The van der Waals surface area contributed by atoms with Crippen molar-refractivity contribution in [1.82, 2.24) is 10.6 Å². The molecule has 2 amide bonds. The van der Waals surface area contributed by atoms with Crippen LogP contribution in [0.5, 0.6) is 0 Å². The third-order valence-electron chi connectivity index (χ3n) is 4.63. The van der Waals surface area contributed by atoms with E-state index in [1.165, 1.54) is 44.9 Å². The summed E-state index contributed by atoms with van der Waals surface area (Å²) in [6.07, 6.45) is 11.4. The van der Waals surface area contributed by atoms with Crippen molar-refractivity contribution in [3.05, 3.63) is 0 Å². The summed E-state index contributed by atoms with van der Waals surface area (Å²) in [5.74, 6) is 1.59. The van der Waals surface area contributed by atoms with Crippen LogP contribution in [0.1, 0.15) is 64.7 Å². The van der Waals surface area contributed by atoms with Gasteiger partial charge in [0.2, 0.25) is 0 Å². The van der Waals surface area contributed by atoms with Gasteiger partial charge in [-0.25, -0.2) is 4.79 Å². The summed E-state index contributed by atoms with van der Waals surface area (Å²) >= 11 is 0. The molecule has 0 aromatic carbocycles. The van der Waals surface area contributed by atoms with Gasteiger partial charge in [0, 0.05) is 12.6 Å². The summed E-state index contributed by atoms with van der Waals surface area (Å²) < 4.78 is 0. The lowest BCUT2D eigenvalue weighted by Gasteiger charge is -2.27. The van der Waals surface area contributed by atoms with Crippen molar-refractivity contribution in [1.29, 1.82) is 0 Å². The van der Waals surface area contributed by atoms with E-state index in [1.807, 2.05) is 0 Å². The van der Waals surface area contributed by atoms with Crippen LogP contribution in [-0.4, -0.2) is 18.6 Å². The highest BCUT2D eigenvalue weighted by Crippen LogP contribution is 2.27. The molecule has 18 heavy (non-hydrogen) atoms. The zero-order valence-corrected chi connectivity index (χ0v) is 11.7. The van der Waals surface area contributed by atoms with Crippen molar-refractivity contribution >= 4 is 6.03 Å². The molecule has 3 heteroatoms. The molecule has 104 valence electrons.